The van der Waals surface area contributed by atoms with Gasteiger partial charge in [-0.05, 0) is 73.6 Å². The Morgan fingerprint density at radius 3 is 2.11 bits per heavy atom. The largest absolute Gasteiger partial charge is 0.507 e. The zero-order chi connectivity index (χ0) is 21.3. The van der Waals surface area contributed by atoms with Crippen LogP contribution in [0.5, 0.6) is 5.75 Å². The number of rotatable bonds is 7. The topological polar surface area (TPSA) is 72.8 Å². The summed E-state index contributed by atoms with van der Waals surface area (Å²) in [5, 5.41) is 9.63. The molecule has 0 fully saturated rings. The Bertz CT molecular complexity index is 781. The molecule has 6 heteroatoms. The fourth-order valence-corrected chi connectivity index (χ4v) is 5.53. The van der Waals surface area contributed by atoms with Gasteiger partial charge < -0.3 is 14.2 Å². The van der Waals surface area contributed by atoms with Crippen LogP contribution >= 0.6 is 7.60 Å². The normalized spacial score (nSPS) is 15.4. The number of benzene rings is 1. The Kier molecular flexibility index (Phi) is 6.85. The fraction of sp³-hybridized carbons (Fsp3) is 0.682. The fourth-order valence-electron chi connectivity index (χ4n) is 4.05. The van der Waals surface area contributed by atoms with E-state index in [2.05, 4.69) is 26.8 Å². The van der Waals surface area contributed by atoms with E-state index in [0.717, 1.165) is 42.4 Å². The van der Waals surface area contributed by atoms with Gasteiger partial charge in [0.2, 0.25) is 0 Å². The van der Waals surface area contributed by atoms with Gasteiger partial charge in [0.1, 0.15) is 10.9 Å². The number of phenolic OH excluding ortho intramolecular Hbond substituents is 1. The zero-order valence-electron chi connectivity index (χ0n) is 18.3. The summed E-state index contributed by atoms with van der Waals surface area (Å²) >= 11 is 0. The summed E-state index contributed by atoms with van der Waals surface area (Å²) in [5.74, 6) is 0.273. The van der Waals surface area contributed by atoms with E-state index in [0.29, 0.717) is 12.2 Å². The molecule has 1 aromatic rings. The monoisotopic (exact) mass is 410 g/mol. The lowest BCUT2D eigenvalue weighted by Gasteiger charge is -2.30. The summed E-state index contributed by atoms with van der Waals surface area (Å²) in [6.07, 6.45) is 4.78. The number of Topliss-reactive ketones (excluding diaryl/α,β-unsaturated/α-hetero) is 1. The molecule has 0 spiro atoms. The Balaban J connectivity index is 2.36. The molecular formula is C22H35O5P. The highest BCUT2D eigenvalue weighted by Crippen LogP contribution is 2.59. The molecular weight excluding hydrogens is 375 g/mol. The number of aromatic hydroxyl groups is 1. The Morgan fingerprint density at radius 1 is 1.07 bits per heavy atom. The molecule has 0 radical (unpaired) electrons. The maximum Gasteiger partial charge on any atom is 0.343 e. The van der Waals surface area contributed by atoms with Crippen LogP contribution in [0, 0.1) is 0 Å². The maximum atomic E-state index is 12.9. The van der Waals surface area contributed by atoms with E-state index in [4.69, 9.17) is 9.05 Å². The second-order valence-electron chi connectivity index (χ2n) is 9.19. The zero-order valence-corrected chi connectivity index (χ0v) is 19.2. The summed E-state index contributed by atoms with van der Waals surface area (Å²) in [5.41, 5.74) is 4.08. The van der Waals surface area contributed by atoms with Crippen molar-refractivity contribution in [1.29, 1.82) is 0 Å². The van der Waals surface area contributed by atoms with Crippen LogP contribution in [0.4, 0.5) is 0 Å². The SMILES string of the molecule is COP(=O)(OC)C(C)(C)C(=O)CCc1cc(C(C)(C)C)c(O)c2c1CCCC2. The summed E-state index contributed by atoms with van der Waals surface area (Å²) in [6, 6.07) is 2.06. The van der Waals surface area contributed by atoms with Crippen molar-refractivity contribution in [2.75, 3.05) is 14.2 Å². The van der Waals surface area contributed by atoms with Crippen LogP contribution < -0.4 is 0 Å². The van der Waals surface area contributed by atoms with Crippen molar-refractivity contribution in [2.24, 2.45) is 0 Å². The molecule has 0 saturated heterocycles. The number of aryl methyl sites for hydroxylation is 1. The lowest BCUT2D eigenvalue weighted by molar-refractivity contribution is -0.121. The number of ketones is 1. The lowest BCUT2D eigenvalue weighted by atomic mass is 9.78. The molecule has 0 atom stereocenters. The number of carbonyl (C=O) groups is 1. The highest BCUT2D eigenvalue weighted by Gasteiger charge is 2.47. The molecule has 0 amide bonds. The van der Waals surface area contributed by atoms with E-state index in [-0.39, 0.29) is 17.6 Å². The minimum absolute atomic E-state index is 0.144. The van der Waals surface area contributed by atoms with E-state index in [9.17, 15) is 14.5 Å². The molecule has 0 aliphatic heterocycles. The van der Waals surface area contributed by atoms with Crippen LogP contribution in [0.3, 0.4) is 0 Å². The van der Waals surface area contributed by atoms with Gasteiger partial charge in [-0.1, -0.05) is 26.8 Å². The summed E-state index contributed by atoms with van der Waals surface area (Å²) < 4.78 is 22.9. The molecule has 2 rings (SSSR count). The number of hydrogen-bond acceptors (Lipinski definition) is 5. The predicted molar refractivity (Wildman–Crippen MR) is 112 cm³/mol. The summed E-state index contributed by atoms with van der Waals surface area (Å²) in [7, 11) is -0.896. The first-order valence-corrected chi connectivity index (χ1v) is 11.5. The second kappa shape index (κ2) is 8.30. The second-order valence-corrected chi connectivity index (χ2v) is 12.0. The first-order chi connectivity index (χ1) is 12.9. The average Bonchev–Trinajstić information content (AvgIpc) is 2.65. The molecule has 1 aliphatic carbocycles. The quantitative estimate of drug-likeness (QED) is 0.615. The Hall–Kier alpha value is -1.16. The van der Waals surface area contributed by atoms with E-state index in [1.807, 2.05) is 0 Å². The Labute approximate surface area is 169 Å². The number of hydrogen-bond donors (Lipinski definition) is 1. The third-order valence-electron chi connectivity index (χ3n) is 5.99. The van der Waals surface area contributed by atoms with Crippen LogP contribution in [0.2, 0.25) is 0 Å². The minimum atomic E-state index is -3.52. The highest BCUT2D eigenvalue weighted by atomic mass is 31.2. The first-order valence-electron chi connectivity index (χ1n) is 10.0. The van der Waals surface area contributed by atoms with E-state index in [1.54, 1.807) is 13.8 Å². The van der Waals surface area contributed by atoms with Gasteiger partial charge in [-0.15, -0.1) is 0 Å². The van der Waals surface area contributed by atoms with Gasteiger partial charge in [-0.3, -0.25) is 9.36 Å². The van der Waals surface area contributed by atoms with Crippen molar-refractivity contribution in [1.82, 2.24) is 0 Å². The molecule has 0 aromatic heterocycles. The molecule has 28 heavy (non-hydrogen) atoms. The molecule has 1 aliphatic rings. The average molecular weight is 410 g/mol. The van der Waals surface area contributed by atoms with Crippen LogP contribution in [-0.4, -0.2) is 30.3 Å². The van der Waals surface area contributed by atoms with E-state index < -0.39 is 12.8 Å². The maximum absolute atomic E-state index is 12.9. The molecule has 0 saturated carbocycles. The van der Waals surface area contributed by atoms with Gasteiger partial charge in [0.05, 0.1) is 0 Å². The molecule has 1 aromatic carbocycles. The smallest absolute Gasteiger partial charge is 0.343 e. The highest BCUT2D eigenvalue weighted by molar-refractivity contribution is 7.56. The van der Waals surface area contributed by atoms with Gasteiger partial charge in [0.25, 0.3) is 0 Å². The number of carbonyl (C=O) groups excluding carboxylic acids is 1. The number of fused-ring (bicyclic) bond motifs is 1. The molecule has 0 heterocycles. The van der Waals surface area contributed by atoms with E-state index in [1.165, 1.54) is 19.8 Å². The Morgan fingerprint density at radius 2 is 1.61 bits per heavy atom. The van der Waals surface area contributed by atoms with Crippen molar-refractivity contribution < 1.29 is 23.5 Å². The van der Waals surface area contributed by atoms with Crippen molar-refractivity contribution >= 4 is 13.4 Å². The van der Waals surface area contributed by atoms with Gasteiger partial charge in [0, 0.05) is 20.6 Å². The van der Waals surface area contributed by atoms with Gasteiger partial charge >= 0.3 is 7.60 Å². The van der Waals surface area contributed by atoms with Gasteiger partial charge in [-0.2, -0.15) is 0 Å². The summed E-state index contributed by atoms with van der Waals surface area (Å²) in [6.45, 7) is 9.50. The van der Waals surface area contributed by atoms with Crippen LogP contribution in [0.1, 0.15) is 76.1 Å². The number of phenols is 1. The minimum Gasteiger partial charge on any atom is -0.507 e. The van der Waals surface area contributed by atoms with Crippen molar-refractivity contribution in [3.05, 3.63) is 28.3 Å². The van der Waals surface area contributed by atoms with Crippen molar-refractivity contribution in [2.45, 2.75) is 83.7 Å². The predicted octanol–water partition coefficient (Wildman–Crippen LogP) is 5.33. The van der Waals surface area contributed by atoms with Crippen molar-refractivity contribution in [3.63, 3.8) is 0 Å². The van der Waals surface area contributed by atoms with Crippen LogP contribution in [-0.2, 0) is 43.1 Å². The molecule has 0 bridgehead atoms. The lowest BCUT2D eigenvalue weighted by Crippen LogP contribution is -2.33. The first kappa shape index (κ1) is 23.1. The van der Waals surface area contributed by atoms with Crippen LogP contribution in [0.15, 0.2) is 6.07 Å². The third-order valence-corrected chi connectivity index (χ3v) is 8.57. The standard InChI is InChI=1S/C22H35O5P/c1-21(2,3)18-14-15(16-10-8-9-11-17(16)20(18)24)12-13-19(23)22(4,5)28(25,26-6)27-7/h14,24H,8-13H2,1-7H3. The van der Waals surface area contributed by atoms with Crippen LogP contribution in [0.25, 0.3) is 0 Å². The van der Waals surface area contributed by atoms with Gasteiger partial charge in [-0.25, -0.2) is 0 Å². The molecule has 0 unspecified atom stereocenters. The van der Waals surface area contributed by atoms with E-state index >= 15 is 0 Å². The molecule has 1 N–H and O–H groups in total. The van der Waals surface area contributed by atoms with Crippen molar-refractivity contribution in [3.8, 4) is 5.75 Å². The summed E-state index contributed by atoms with van der Waals surface area (Å²) in [4.78, 5) is 12.9. The third kappa shape index (κ3) is 4.22. The molecule has 158 valence electrons. The molecule has 5 nitrogen and oxygen atoms in total. The van der Waals surface area contributed by atoms with Gasteiger partial charge in [0.15, 0.2) is 5.78 Å².